The van der Waals surface area contributed by atoms with Crippen molar-refractivity contribution in [1.29, 1.82) is 0 Å². The number of amides is 3. The lowest BCUT2D eigenvalue weighted by Gasteiger charge is -2.34. The van der Waals surface area contributed by atoms with Crippen LogP contribution in [0, 0.1) is 0 Å². The number of urea groups is 1. The molecule has 0 aromatic heterocycles. The molecule has 0 spiro atoms. The number of carbonyl (C=O) groups excluding carboxylic acids is 2. The van der Waals surface area contributed by atoms with Crippen molar-refractivity contribution in [3.63, 3.8) is 0 Å². The summed E-state index contributed by atoms with van der Waals surface area (Å²) in [6.07, 6.45) is 0.833. The number of β-lactam (4-membered cyclic amide) rings is 1. The van der Waals surface area contributed by atoms with Gasteiger partial charge in [0, 0.05) is 6.54 Å². The summed E-state index contributed by atoms with van der Waals surface area (Å²) in [5.74, 6) is -0.0775. The van der Waals surface area contributed by atoms with Gasteiger partial charge in [-0.2, -0.15) is 0 Å². The van der Waals surface area contributed by atoms with Crippen LogP contribution in [0.3, 0.4) is 0 Å². The Morgan fingerprint density at radius 2 is 2.45 bits per heavy atom. The van der Waals surface area contributed by atoms with Gasteiger partial charge >= 0.3 is 6.03 Å². The average molecular weight is 155 g/mol. The molecule has 60 valence electrons. The molecule has 11 heavy (non-hydrogen) atoms. The van der Waals surface area contributed by atoms with Gasteiger partial charge in [-0.3, -0.25) is 4.79 Å². The topological polar surface area (TPSA) is 75.4 Å². The van der Waals surface area contributed by atoms with Gasteiger partial charge in [-0.15, -0.1) is 0 Å². The number of carbonyl (C=O) groups is 2. The number of nitrogens with one attached hydrogen (secondary N) is 1. The van der Waals surface area contributed by atoms with Gasteiger partial charge in [0.2, 0.25) is 5.91 Å². The van der Waals surface area contributed by atoms with Crippen molar-refractivity contribution >= 4 is 11.9 Å². The lowest BCUT2D eigenvalue weighted by atomic mass is 10.0. The summed E-state index contributed by atoms with van der Waals surface area (Å²) in [6, 6.07) is -0.602. The Bertz CT molecular complexity index is 220. The van der Waals surface area contributed by atoms with E-state index in [1.54, 1.807) is 0 Å². The second-order valence-electron chi connectivity index (χ2n) is 2.88. The van der Waals surface area contributed by atoms with Crippen LogP contribution in [0.25, 0.3) is 0 Å². The van der Waals surface area contributed by atoms with Crippen molar-refractivity contribution in [3.8, 4) is 0 Å². The third kappa shape index (κ3) is 0.704. The third-order valence-corrected chi connectivity index (χ3v) is 2.28. The summed E-state index contributed by atoms with van der Waals surface area (Å²) in [6.45, 7) is 0.601. The van der Waals surface area contributed by atoms with E-state index in [9.17, 15) is 9.59 Å². The molecule has 0 aliphatic carbocycles. The van der Waals surface area contributed by atoms with E-state index in [-0.39, 0.29) is 18.0 Å². The van der Waals surface area contributed by atoms with E-state index < -0.39 is 6.03 Å². The van der Waals surface area contributed by atoms with E-state index in [1.165, 1.54) is 4.90 Å². The van der Waals surface area contributed by atoms with Crippen LogP contribution in [0.2, 0.25) is 0 Å². The first-order chi connectivity index (χ1) is 5.20. The van der Waals surface area contributed by atoms with Crippen LogP contribution in [0.15, 0.2) is 0 Å². The second kappa shape index (κ2) is 1.87. The average Bonchev–Trinajstić information content (AvgIpc) is 2.25. The Labute approximate surface area is 63.5 Å². The maximum Gasteiger partial charge on any atom is 0.315 e. The smallest absolute Gasteiger partial charge is 0.315 e. The summed E-state index contributed by atoms with van der Waals surface area (Å²) in [7, 11) is 0. The lowest BCUT2D eigenvalue weighted by molar-refractivity contribution is -0.132. The van der Waals surface area contributed by atoms with Crippen LogP contribution in [-0.4, -0.2) is 35.5 Å². The molecule has 2 atom stereocenters. The quantitative estimate of drug-likeness (QED) is 0.424. The van der Waals surface area contributed by atoms with Crippen LogP contribution in [-0.2, 0) is 4.79 Å². The van der Waals surface area contributed by atoms with Crippen LogP contribution >= 0.6 is 0 Å². The zero-order chi connectivity index (χ0) is 8.01. The molecule has 2 saturated heterocycles. The SMILES string of the molecule is NC(=O)N1CCC2NC(=O)C21. The molecule has 3 N–H and O–H groups in total. The van der Waals surface area contributed by atoms with Crippen molar-refractivity contribution in [3.05, 3.63) is 0 Å². The van der Waals surface area contributed by atoms with Crippen molar-refractivity contribution < 1.29 is 9.59 Å². The zero-order valence-electron chi connectivity index (χ0n) is 5.91. The van der Waals surface area contributed by atoms with E-state index in [4.69, 9.17) is 5.73 Å². The number of primary amides is 1. The molecular weight excluding hydrogens is 146 g/mol. The van der Waals surface area contributed by atoms with Crippen LogP contribution in [0.5, 0.6) is 0 Å². The summed E-state index contributed by atoms with van der Waals surface area (Å²) in [4.78, 5) is 23.0. The van der Waals surface area contributed by atoms with Crippen LogP contribution < -0.4 is 11.1 Å². The Hall–Kier alpha value is -1.26. The molecule has 0 radical (unpaired) electrons. The molecule has 0 aromatic carbocycles. The molecule has 3 amide bonds. The van der Waals surface area contributed by atoms with Gasteiger partial charge in [0.05, 0.1) is 6.04 Å². The first-order valence-electron chi connectivity index (χ1n) is 3.56. The van der Waals surface area contributed by atoms with E-state index in [0.717, 1.165) is 6.42 Å². The predicted octanol–water partition coefficient (Wildman–Crippen LogP) is -1.36. The normalized spacial score (nSPS) is 34.2. The van der Waals surface area contributed by atoms with Gasteiger partial charge < -0.3 is 16.0 Å². The molecule has 2 aliphatic heterocycles. The number of rotatable bonds is 0. The van der Waals surface area contributed by atoms with Gasteiger partial charge in [-0.1, -0.05) is 0 Å². The molecule has 2 fully saturated rings. The Morgan fingerprint density at radius 3 is 2.91 bits per heavy atom. The number of likely N-dealkylation sites (tertiary alicyclic amines) is 1. The first kappa shape index (κ1) is 6.45. The summed E-state index contributed by atoms with van der Waals surface area (Å²) in [5.41, 5.74) is 5.05. The van der Waals surface area contributed by atoms with Crippen molar-refractivity contribution in [2.45, 2.75) is 18.5 Å². The van der Waals surface area contributed by atoms with Gasteiger partial charge in [0.1, 0.15) is 6.04 Å². The van der Waals surface area contributed by atoms with E-state index >= 15 is 0 Å². The summed E-state index contributed by atoms with van der Waals surface area (Å²) in [5, 5.41) is 2.70. The minimum Gasteiger partial charge on any atom is -0.351 e. The fourth-order valence-electron chi connectivity index (χ4n) is 1.69. The molecular formula is C6H9N3O2. The number of hydrogen-bond acceptors (Lipinski definition) is 2. The molecule has 0 bridgehead atoms. The molecule has 5 heteroatoms. The van der Waals surface area contributed by atoms with Gasteiger partial charge in [-0.05, 0) is 6.42 Å². The summed E-state index contributed by atoms with van der Waals surface area (Å²) < 4.78 is 0. The van der Waals surface area contributed by atoms with E-state index in [0.29, 0.717) is 6.54 Å². The van der Waals surface area contributed by atoms with Crippen molar-refractivity contribution in [1.82, 2.24) is 10.2 Å². The Balaban J connectivity index is 2.14. The lowest BCUT2D eigenvalue weighted by Crippen LogP contribution is -2.65. The van der Waals surface area contributed by atoms with Gasteiger partial charge in [-0.25, -0.2) is 4.79 Å². The highest BCUT2D eigenvalue weighted by atomic mass is 16.2. The molecule has 5 nitrogen and oxygen atoms in total. The summed E-state index contributed by atoms with van der Waals surface area (Å²) >= 11 is 0. The zero-order valence-corrected chi connectivity index (χ0v) is 5.91. The van der Waals surface area contributed by atoms with E-state index in [2.05, 4.69) is 5.32 Å². The van der Waals surface area contributed by atoms with Crippen LogP contribution in [0.4, 0.5) is 4.79 Å². The monoisotopic (exact) mass is 155 g/mol. The molecule has 2 heterocycles. The molecule has 2 unspecified atom stereocenters. The van der Waals surface area contributed by atoms with Crippen LogP contribution in [0.1, 0.15) is 6.42 Å². The number of nitrogens with zero attached hydrogens (tertiary/aromatic N) is 1. The Kier molecular flexibility index (Phi) is 1.10. The molecule has 2 rings (SSSR count). The fraction of sp³-hybridized carbons (Fsp3) is 0.667. The van der Waals surface area contributed by atoms with Gasteiger partial charge in [0.25, 0.3) is 0 Å². The third-order valence-electron chi connectivity index (χ3n) is 2.28. The largest absolute Gasteiger partial charge is 0.351 e. The highest BCUT2D eigenvalue weighted by molar-refractivity contribution is 5.93. The second-order valence-corrected chi connectivity index (χ2v) is 2.88. The minimum atomic E-state index is -0.493. The fourth-order valence-corrected chi connectivity index (χ4v) is 1.69. The highest BCUT2D eigenvalue weighted by Crippen LogP contribution is 2.24. The predicted molar refractivity (Wildman–Crippen MR) is 36.6 cm³/mol. The maximum absolute atomic E-state index is 10.9. The number of hydrogen-bond donors (Lipinski definition) is 2. The minimum absolute atomic E-state index is 0.0775. The molecule has 2 aliphatic rings. The van der Waals surface area contributed by atoms with E-state index in [1.807, 2.05) is 0 Å². The molecule has 0 aromatic rings. The number of fused-ring (bicyclic) bond motifs is 1. The molecule has 0 saturated carbocycles. The maximum atomic E-state index is 10.9. The first-order valence-corrected chi connectivity index (χ1v) is 3.56. The van der Waals surface area contributed by atoms with Crippen molar-refractivity contribution in [2.24, 2.45) is 5.73 Å². The van der Waals surface area contributed by atoms with Gasteiger partial charge in [0.15, 0.2) is 0 Å². The van der Waals surface area contributed by atoms with Crippen molar-refractivity contribution in [2.75, 3.05) is 6.54 Å². The standard InChI is InChI=1S/C6H9N3O2/c7-6(11)9-2-1-3-4(9)5(10)8-3/h3-4H,1-2H2,(H2,7,11)(H,8,10). The number of nitrogens with two attached hydrogens (primary N) is 1. The Morgan fingerprint density at radius 1 is 1.73 bits per heavy atom. The highest BCUT2D eigenvalue weighted by Gasteiger charge is 2.49.